The number of rotatable bonds is 8. The van der Waals surface area contributed by atoms with Crippen LogP contribution in [0.15, 0.2) is 12.7 Å². The van der Waals surface area contributed by atoms with Crippen molar-refractivity contribution in [2.75, 3.05) is 26.7 Å². The van der Waals surface area contributed by atoms with E-state index < -0.39 is 0 Å². The number of nitrogens with zero attached hydrogens (tertiary/aromatic N) is 1. The Kier molecular flexibility index (Phi) is 8.05. The molecule has 0 saturated carbocycles. The molecule has 0 aliphatic rings. The fraction of sp³-hybridized carbons (Fsp3) is 0.818. The van der Waals surface area contributed by atoms with Crippen LogP contribution in [-0.4, -0.2) is 36.8 Å². The summed E-state index contributed by atoms with van der Waals surface area (Å²) in [6, 6.07) is 0. The molecule has 13 heavy (non-hydrogen) atoms. The third kappa shape index (κ3) is 6.79. The second kappa shape index (κ2) is 8.27. The van der Waals surface area contributed by atoms with Gasteiger partial charge < -0.3 is 10.0 Å². The predicted octanol–water partition coefficient (Wildman–Crippen LogP) is 1.90. The molecule has 0 fully saturated rings. The molecule has 0 bridgehead atoms. The Morgan fingerprint density at radius 3 is 2.69 bits per heavy atom. The fourth-order valence-electron chi connectivity index (χ4n) is 1.62. The lowest BCUT2D eigenvalue weighted by Gasteiger charge is -2.22. The van der Waals surface area contributed by atoms with Gasteiger partial charge in [0.2, 0.25) is 0 Å². The van der Waals surface area contributed by atoms with Crippen LogP contribution in [0.25, 0.3) is 0 Å². The molecule has 0 aliphatic carbocycles. The summed E-state index contributed by atoms with van der Waals surface area (Å²) in [4.78, 5) is 2.32. The number of hydrogen-bond acceptors (Lipinski definition) is 2. The minimum absolute atomic E-state index is 0.290. The van der Waals surface area contributed by atoms with Crippen molar-refractivity contribution in [1.82, 2.24) is 4.90 Å². The van der Waals surface area contributed by atoms with Crippen LogP contribution in [0.2, 0.25) is 0 Å². The van der Waals surface area contributed by atoms with E-state index in [-0.39, 0.29) is 0 Å². The van der Waals surface area contributed by atoms with Crippen molar-refractivity contribution in [1.29, 1.82) is 0 Å². The number of aliphatic hydroxyl groups is 1. The normalized spacial score (nSPS) is 13.2. The summed E-state index contributed by atoms with van der Waals surface area (Å²) in [5, 5.41) is 8.85. The molecule has 0 aromatic rings. The van der Waals surface area contributed by atoms with Crippen LogP contribution >= 0.6 is 0 Å². The van der Waals surface area contributed by atoms with E-state index in [4.69, 9.17) is 5.11 Å². The van der Waals surface area contributed by atoms with Gasteiger partial charge >= 0.3 is 0 Å². The molecule has 0 rings (SSSR count). The van der Waals surface area contributed by atoms with Crippen molar-refractivity contribution in [2.45, 2.75) is 26.2 Å². The molecule has 2 nitrogen and oxygen atoms in total. The minimum Gasteiger partial charge on any atom is -0.396 e. The average Bonchev–Trinajstić information content (AvgIpc) is 2.05. The molecule has 2 heteroatoms. The van der Waals surface area contributed by atoms with Crippen molar-refractivity contribution in [3.05, 3.63) is 12.7 Å². The molecule has 1 atom stereocenters. The Hall–Kier alpha value is -0.340. The predicted molar refractivity (Wildman–Crippen MR) is 57.8 cm³/mol. The molecule has 1 unspecified atom stereocenters. The summed E-state index contributed by atoms with van der Waals surface area (Å²) < 4.78 is 0. The van der Waals surface area contributed by atoms with E-state index in [0.29, 0.717) is 12.5 Å². The van der Waals surface area contributed by atoms with Gasteiger partial charge in [0.1, 0.15) is 0 Å². The van der Waals surface area contributed by atoms with Gasteiger partial charge in [0.15, 0.2) is 0 Å². The monoisotopic (exact) mass is 185 g/mol. The van der Waals surface area contributed by atoms with Crippen LogP contribution < -0.4 is 0 Å². The maximum absolute atomic E-state index is 8.85. The van der Waals surface area contributed by atoms with E-state index in [1.165, 1.54) is 6.42 Å². The largest absolute Gasteiger partial charge is 0.396 e. The molecule has 0 aliphatic heterocycles. The molecule has 0 aromatic heterocycles. The van der Waals surface area contributed by atoms with E-state index in [1.807, 2.05) is 6.08 Å². The summed E-state index contributed by atoms with van der Waals surface area (Å²) in [5.74, 6) is 0.569. The Balaban J connectivity index is 3.71. The smallest absolute Gasteiger partial charge is 0.0434 e. The third-order valence-corrected chi connectivity index (χ3v) is 2.21. The van der Waals surface area contributed by atoms with E-state index in [2.05, 4.69) is 25.5 Å². The Morgan fingerprint density at radius 2 is 2.23 bits per heavy atom. The van der Waals surface area contributed by atoms with Crippen LogP contribution in [0.5, 0.6) is 0 Å². The molecule has 78 valence electrons. The quantitative estimate of drug-likeness (QED) is 0.584. The van der Waals surface area contributed by atoms with Crippen LogP contribution in [-0.2, 0) is 0 Å². The second-order valence-electron chi connectivity index (χ2n) is 3.66. The molecule has 0 amide bonds. The van der Waals surface area contributed by atoms with Crippen LogP contribution in [0, 0.1) is 5.92 Å². The van der Waals surface area contributed by atoms with Crippen molar-refractivity contribution in [3.63, 3.8) is 0 Å². The van der Waals surface area contributed by atoms with Crippen LogP contribution in [0.1, 0.15) is 26.2 Å². The number of allylic oxidation sites excluding steroid dienone is 1. The maximum Gasteiger partial charge on any atom is 0.0434 e. The van der Waals surface area contributed by atoms with Gasteiger partial charge in [0, 0.05) is 13.2 Å². The summed E-state index contributed by atoms with van der Waals surface area (Å²) in [6.45, 7) is 8.42. The molecule has 0 spiro atoms. The van der Waals surface area contributed by atoms with Crippen molar-refractivity contribution >= 4 is 0 Å². The van der Waals surface area contributed by atoms with Gasteiger partial charge in [0.05, 0.1) is 0 Å². The summed E-state index contributed by atoms with van der Waals surface area (Å²) in [6.07, 6.45) is 5.03. The van der Waals surface area contributed by atoms with Crippen molar-refractivity contribution in [2.24, 2.45) is 5.92 Å². The van der Waals surface area contributed by atoms with Gasteiger partial charge in [-0.3, -0.25) is 0 Å². The highest BCUT2D eigenvalue weighted by Gasteiger charge is 2.08. The highest BCUT2D eigenvalue weighted by Crippen LogP contribution is 2.10. The second-order valence-corrected chi connectivity index (χ2v) is 3.66. The lowest BCUT2D eigenvalue weighted by molar-refractivity contribution is 0.216. The van der Waals surface area contributed by atoms with E-state index >= 15 is 0 Å². The lowest BCUT2D eigenvalue weighted by Crippen LogP contribution is -2.26. The zero-order chi connectivity index (χ0) is 10.1. The molecular formula is C11H23NO. The van der Waals surface area contributed by atoms with E-state index in [1.54, 1.807) is 0 Å². The third-order valence-electron chi connectivity index (χ3n) is 2.21. The molecular weight excluding hydrogens is 162 g/mol. The first-order valence-electron chi connectivity index (χ1n) is 5.14. The van der Waals surface area contributed by atoms with E-state index in [0.717, 1.165) is 25.9 Å². The van der Waals surface area contributed by atoms with E-state index in [9.17, 15) is 0 Å². The minimum atomic E-state index is 0.290. The number of hydrogen-bond donors (Lipinski definition) is 1. The maximum atomic E-state index is 8.85. The Labute approximate surface area is 82.3 Å². The molecule has 1 N–H and O–H groups in total. The fourth-order valence-corrected chi connectivity index (χ4v) is 1.62. The first kappa shape index (κ1) is 12.7. The first-order valence-corrected chi connectivity index (χ1v) is 5.14. The summed E-state index contributed by atoms with van der Waals surface area (Å²) >= 11 is 0. The molecule has 0 radical (unpaired) electrons. The van der Waals surface area contributed by atoms with Gasteiger partial charge in [-0.05, 0) is 38.8 Å². The van der Waals surface area contributed by atoms with Gasteiger partial charge in [-0.2, -0.15) is 0 Å². The summed E-state index contributed by atoms with van der Waals surface area (Å²) in [5.41, 5.74) is 0. The van der Waals surface area contributed by atoms with Crippen molar-refractivity contribution in [3.8, 4) is 0 Å². The zero-order valence-electron chi connectivity index (χ0n) is 9.00. The van der Waals surface area contributed by atoms with Crippen LogP contribution in [0.4, 0.5) is 0 Å². The van der Waals surface area contributed by atoms with Gasteiger partial charge in [0.25, 0.3) is 0 Å². The highest BCUT2D eigenvalue weighted by atomic mass is 16.3. The van der Waals surface area contributed by atoms with Gasteiger partial charge in [-0.15, -0.1) is 6.58 Å². The van der Waals surface area contributed by atoms with Crippen molar-refractivity contribution < 1.29 is 5.11 Å². The number of aliphatic hydroxyl groups excluding tert-OH is 1. The summed E-state index contributed by atoms with van der Waals surface area (Å²) in [7, 11) is 2.14. The standard InChI is InChI=1S/C11H23NO/c1-4-6-11(7-9-13)10-12(3)8-5-2/h4,11,13H,1,5-10H2,2-3H3. The van der Waals surface area contributed by atoms with Gasteiger partial charge in [-0.1, -0.05) is 13.0 Å². The molecule has 0 heterocycles. The average molecular weight is 185 g/mol. The molecule has 0 aromatic carbocycles. The lowest BCUT2D eigenvalue weighted by atomic mass is 10.0. The SMILES string of the molecule is C=CCC(CCO)CN(C)CCC. The highest BCUT2D eigenvalue weighted by molar-refractivity contribution is 4.74. The topological polar surface area (TPSA) is 23.5 Å². The van der Waals surface area contributed by atoms with Gasteiger partial charge in [-0.25, -0.2) is 0 Å². The Morgan fingerprint density at radius 1 is 1.54 bits per heavy atom. The Bertz CT molecular complexity index is 125. The first-order chi connectivity index (χ1) is 6.24. The van der Waals surface area contributed by atoms with Crippen LogP contribution in [0.3, 0.4) is 0 Å². The molecule has 0 saturated heterocycles. The zero-order valence-corrected chi connectivity index (χ0v) is 9.00.